The molecule has 224 valence electrons. The van der Waals surface area contributed by atoms with E-state index in [2.05, 4.69) is 5.32 Å². The average molecular weight is 610 g/mol. The molecular formula is C33H40ClN3O4S. The van der Waals surface area contributed by atoms with E-state index >= 15 is 0 Å². The van der Waals surface area contributed by atoms with Gasteiger partial charge in [0.05, 0.1) is 10.6 Å². The van der Waals surface area contributed by atoms with Crippen molar-refractivity contribution in [3.63, 3.8) is 0 Å². The molecular weight excluding hydrogens is 570 g/mol. The summed E-state index contributed by atoms with van der Waals surface area (Å²) in [6.45, 7) is 7.13. The number of carbonyl (C=O) groups is 2. The maximum Gasteiger partial charge on any atom is 0.264 e. The molecule has 7 nitrogen and oxygen atoms in total. The molecule has 0 aliphatic heterocycles. The molecule has 2 amide bonds. The van der Waals surface area contributed by atoms with E-state index in [1.165, 1.54) is 17.0 Å². The van der Waals surface area contributed by atoms with Crippen LogP contribution in [0.15, 0.2) is 71.6 Å². The lowest BCUT2D eigenvalue weighted by atomic mass is 10.1. The van der Waals surface area contributed by atoms with Gasteiger partial charge in [-0.25, -0.2) is 8.42 Å². The number of hydrogen-bond donors (Lipinski definition) is 1. The Morgan fingerprint density at radius 3 is 2.26 bits per heavy atom. The number of amides is 2. The highest BCUT2D eigenvalue weighted by Gasteiger charge is 2.35. The fraction of sp³-hybridized carbons (Fsp3) is 0.394. The van der Waals surface area contributed by atoms with Gasteiger partial charge < -0.3 is 10.2 Å². The van der Waals surface area contributed by atoms with Gasteiger partial charge in [0.1, 0.15) is 12.6 Å². The zero-order chi connectivity index (χ0) is 30.4. The maximum absolute atomic E-state index is 14.3. The second kappa shape index (κ2) is 13.7. The molecule has 1 fully saturated rings. The molecule has 1 atom stereocenters. The normalized spacial score (nSPS) is 14.4. The third kappa shape index (κ3) is 7.34. The van der Waals surface area contributed by atoms with Crippen molar-refractivity contribution in [2.24, 2.45) is 0 Å². The second-order valence-corrected chi connectivity index (χ2v) is 13.4. The van der Waals surface area contributed by atoms with Crippen molar-refractivity contribution < 1.29 is 18.0 Å². The largest absolute Gasteiger partial charge is 0.352 e. The van der Waals surface area contributed by atoms with E-state index < -0.39 is 28.5 Å². The summed E-state index contributed by atoms with van der Waals surface area (Å²) in [6.07, 6.45) is 4.36. The Labute approximate surface area is 254 Å². The number of nitrogens with one attached hydrogen (secondary N) is 1. The molecule has 0 saturated heterocycles. The van der Waals surface area contributed by atoms with Gasteiger partial charge in [-0.2, -0.15) is 0 Å². The predicted molar refractivity (Wildman–Crippen MR) is 168 cm³/mol. The fourth-order valence-corrected chi connectivity index (χ4v) is 7.15. The van der Waals surface area contributed by atoms with Gasteiger partial charge in [0.2, 0.25) is 11.8 Å². The first-order chi connectivity index (χ1) is 20.0. The van der Waals surface area contributed by atoms with Crippen LogP contribution in [0.5, 0.6) is 0 Å². The molecule has 9 heteroatoms. The molecule has 1 aliphatic carbocycles. The standard InChI is InChI=1S/C33H40ClN3O4S/c1-5-30(33(39)35-27-12-6-7-13-27)36(21-26-11-8-10-24(3)20-26)32(38)22-37(31-15-9-14-29(34)25(31)4)42(40,41)28-18-16-23(2)17-19-28/h8-11,14-20,27,30H,5-7,12-13,21-22H2,1-4H3,(H,35,39). The maximum atomic E-state index is 14.3. The second-order valence-electron chi connectivity index (χ2n) is 11.1. The number of hydrogen-bond acceptors (Lipinski definition) is 4. The molecule has 42 heavy (non-hydrogen) atoms. The van der Waals surface area contributed by atoms with Crippen LogP contribution in [0.1, 0.15) is 61.3 Å². The zero-order valence-electron chi connectivity index (χ0n) is 24.8. The first-order valence-corrected chi connectivity index (χ1v) is 16.3. The lowest BCUT2D eigenvalue weighted by Gasteiger charge is -2.34. The number of anilines is 1. The predicted octanol–water partition coefficient (Wildman–Crippen LogP) is 6.33. The fourth-order valence-electron chi connectivity index (χ4n) is 5.51. The van der Waals surface area contributed by atoms with Gasteiger partial charge in [0, 0.05) is 17.6 Å². The van der Waals surface area contributed by atoms with Gasteiger partial charge >= 0.3 is 0 Å². The third-order valence-corrected chi connectivity index (χ3v) is 10.1. The van der Waals surface area contributed by atoms with E-state index in [0.29, 0.717) is 22.7 Å². The minimum Gasteiger partial charge on any atom is -0.352 e. The molecule has 3 aromatic rings. The summed E-state index contributed by atoms with van der Waals surface area (Å²) in [6, 6.07) is 18.6. The Hall–Kier alpha value is -3.36. The van der Waals surface area contributed by atoms with E-state index in [1.807, 2.05) is 45.0 Å². The zero-order valence-corrected chi connectivity index (χ0v) is 26.3. The summed E-state index contributed by atoms with van der Waals surface area (Å²) in [5, 5.41) is 3.53. The topological polar surface area (TPSA) is 86.8 Å². The molecule has 0 bridgehead atoms. The van der Waals surface area contributed by atoms with E-state index in [4.69, 9.17) is 11.6 Å². The summed E-state index contributed by atoms with van der Waals surface area (Å²) in [4.78, 5) is 29.5. The van der Waals surface area contributed by atoms with Crippen molar-refractivity contribution >= 4 is 39.1 Å². The van der Waals surface area contributed by atoms with Crippen LogP contribution in [-0.2, 0) is 26.2 Å². The van der Waals surface area contributed by atoms with E-state index in [1.54, 1.807) is 37.3 Å². The average Bonchev–Trinajstić information content (AvgIpc) is 3.46. The number of halogens is 1. The van der Waals surface area contributed by atoms with Crippen molar-refractivity contribution in [1.29, 1.82) is 0 Å². The first kappa shape index (κ1) is 31.6. The van der Waals surface area contributed by atoms with Crippen LogP contribution in [0.3, 0.4) is 0 Å². The number of aryl methyl sites for hydroxylation is 2. The highest BCUT2D eigenvalue weighted by atomic mass is 35.5. The van der Waals surface area contributed by atoms with Gasteiger partial charge in [0.15, 0.2) is 0 Å². The van der Waals surface area contributed by atoms with Crippen molar-refractivity contribution in [2.75, 3.05) is 10.8 Å². The minimum absolute atomic E-state index is 0.0662. The first-order valence-electron chi connectivity index (χ1n) is 14.5. The van der Waals surface area contributed by atoms with Gasteiger partial charge in [-0.1, -0.05) is 85.0 Å². The lowest BCUT2D eigenvalue weighted by Crippen LogP contribution is -2.53. The Kier molecular flexibility index (Phi) is 10.3. The van der Waals surface area contributed by atoms with Crippen molar-refractivity contribution in [3.05, 3.63) is 94.0 Å². The number of rotatable bonds is 11. The molecule has 0 spiro atoms. The summed E-state index contributed by atoms with van der Waals surface area (Å²) in [7, 11) is -4.16. The lowest BCUT2D eigenvalue weighted by molar-refractivity contribution is -0.140. The van der Waals surface area contributed by atoms with Crippen LogP contribution in [0.2, 0.25) is 5.02 Å². The minimum atomic E-state index is -4.16. The van der Waals surface area contributed by atoms with Gasteiger partial charge in [-0.3, -0.25) is 13.9 Å². The molecule has 1 saturated carbocycles. The van der Waals surface area contributed by atoms with Crippen LogP contribution < -0.4 is 9.62 Å². The van der Waals surface area contributed by atoms with Crippen LogP contribution in [0.4, 0.5) is 5.69 Å². The van der Waals surface area contributed by atoms with E-state index in [-0.39, 0.29) is 23.4 Å². The van der Waals surface area contributed by atoms with Crippen molar-refractivity contribution in [3.8, 4) is 0 Å². The SMILES string of the molecule is CCC(C(=O)NC1CCCC1)N(Cc1cccc(C)c1)C(=O)CN(c1cccc(Cl)c1C)S(=O)(=O)c1ccc(C)cc1. The molecule has 1 unspecified atom stereocenters. The molecule has 0 radical (unpaired) electrons. The number of benzene rings is 3. The van der Waals surface area contributed by atoms with Crippen LogP contribution >= 0.6 is 11.6 Å². The highest BCUT2D eigenvalue weighted by Crippen LogP contribution is 2.31. The van der Waals surface area contributed by atoms with Crippen LogP contribution in [0.25, 0.3) is 0 Å². The summed E-state index contributed by atoms with van der Waals surface area (Å²) in [5.74, 6) is -0.683. The third-order valence-electron chi connectivity index (χ3n) is 7.92. The molecule has 0 aromatic heterocycles. The summed E-state index contributed by atoms with van der Waals surface area (Å²) in [5.41, 5.74) is 3.66. The Morgan fingerprint density at radius 1 is 0.952 bits per heavy atom. The van der Waals surface area contributed by atoms with Crippen LogP contribution in [-0.4, -0.2) is 43.8 Å². The van der Waals surface area contributed by atoms with Crippen molar-refractivity contribution in [1.82, 2.24) is 10.2 Å². The molecule has 1 aliphatic rings. The number of nitrogens with zero attached hydrogens (tertiary/aromatic N) is 2. The van der Waals surface area contributed by atoms with Gasteiger partial charge in [-0.05, 0) is 75.4 Å². The number of carbonyl (C=O) groups excluding carboxylic acids is 2. The number of sulfonamides is 1. The smallest absolute Gasteiger partial charge is 0.264 e. The summed E-state index contributed by atoms with van der Waals surface area (Å²) < 4.78 is 29.3. The molecule has 3 aromatic carbocycles. The molecule has 0 heterocycles. The molecule has 4 rings (SSSR count). The van der Waals surface area contributed by atoms with Gasteiger partial charge in [0.25, 0.3) is 10.0 Å². The van der Waals surface area contributed by atoms with Gasteiger partial charge in [-0.15, -0.1) is 0 Å². The molecule has 1 N–H and O–H groups in total. The Bertz CT molecular complexity index is 1520. The summed E-state index contributed by atoms with van der Waals surface area (Å²) >= 11 is 6.42. The van der Waals surface area contributed by atoms with E-state index in [9.17, 15) is 18.0 Å². The van der Waals surface area contributed by atoms with E-state index in [0.717, 1.165) is 46.7 Å². The van der Waals surface area contributed by atoms with Crippen LogP contribution in [0, 0.1) is 20.8 Å². The quantitative estimate of drug-likeness (QED) is 0.275. The Balaban J connectivity index is 1.75. The van der Waals surface area contributed by atoms with Crippen molar-refractivity contribution in [2.45, 2.75) is 83.3 Å². The highest BCUT2D eigenvalue weighted by molar-refractivity contribution is 7.92. The Morgan fingerprint density at radius 2 is 1.62 bits per heavy atom. The monoisotopic (exact) mass is 609 g/mol.